The topological polar surface area (TPSA) is 29.9 Å². The number of hydrogen-bond acceptors (Lipinski definition) is 2. The lowest BCUT2D eigenvalue weighted by atomic mass is 9.96. The first-order valence-electron chi connectivity index (χ1n) is 6.90. The van der Waals surface area contributed by atoms with Crippen LogP contribution in [0.5, 0.6) is 0 Å². The van der Waals surface area contributed by atoms with Crippen LogP contribution < -0.4 is 5.32 Å². The summed E-state index contributed by atoms with van der Waals surface area (Å²) in [4.78, 5) is 4.48. The Morgan fingerprint density at radius 1 is 1.32 bits per heavy atom. The number of likely N-dealkylation sites (N-methyl/N-ethyl adjacent to an activating group) is 1. The lowest BCUT2D eigenvalue weighted by molar-refractivity contribution is 0.550. The Bertz CT molecular complexity index is 543. The highest BCUT2D eigenvalue weighted by Crippen LogP contribution is 2.22. The molecule has 0 fully saturated rings. The van der Waals surface area contributed by atoms with E-state index in [0.717, 1.165) is 18.8 Å². The third-order valence-corrected chi connectivity index (χ3v) is 3.69. The third-order valence-electron chi connectivity index (χ3n) is 3.69. The highest BCUT2D eigenvalue weighted by molar-refractivity contribution is 5.33. The first-order chi connectivity index (χ1) is 9.15. The molecule has 0 amide bonds. The van der Waals surface area contributed by atoms with E-state index in [4.69, 9.17) is 0 Å². The number of aromatic nitrogens is 2. The van der Waals surface area contributed by atoms with Crippen molar-refractivity contribution in [1.82, 2.24) is 14.9 Å². The van der Waals surface area contributed by atoms with Gasteiger partial charge < -0.3 is 9.88 Å². The summed E-state index contributed by atoms with van der Waals surface area (Å²) >= 11 is 0. The SMILES string of the molecule is CCn1ccnc1CC(NC)c1cc(C)ccc1C. The van der Waals surface area contributed by atoms with Gasteiger partial charge in [0.1, 0.15) is 5.82 Å². The van der Waals surface area contributed by atoms with E-state index >= 15 is 0 Å². The molecule has 1 aromatic heterocycles. The largest absolute Gasteiger partial charge is 0.335 e. The lowest BCUT2D eigenvalue weighted by Crippen LogP contribution is -2.21. The van der Waals surface area contributed by atoms with Crippen molar-refractivity contribution in [3.63, 3.8) is 0 Å². The van der Waals surface area contributed by atoms with Crippen LogP contribution in [0.3, 0.4) is 0 Å². The minimum atomic E-state index is 0.313. The van der Waals surface area contributed by atoms with E-state index in [2.05, 4.69) is 53.8 Å². The van der Waals surface area contributed by atoms with Crippen LogP contribution in [0.2, 0.25) is 0 Å². The quantitative estimate of drug-likeness (QED) is 0.892. The third kappa shape index (κ3) is 3.04. The van der Waals surface area contributed by atoms with E-state index < -0.39 is 0 Å². The Balaban J connectivity index is 2.27. The molecular formula is C16H23N3. The van der Waals surface area contributed by atoms with E-state index in [0.29, 0.717) is 6.04 Å². The fourth-order valence-corrected chi connectivity index (χ4v) is 2.50. The van der Waals surface area contributed by atoms with Crippen molar-refractivity contribution < 1.29 is 0 Å². The Labute approximate surface area is 115 Å². The molecule has 0 spiro atoms. The van der Waals surface area contributed by atoms with Gasteiger partial charge in [0.15, 0.2) is 0 Å². The first-order valence-corrected chi connectivity index (χ1v) is 6.90. The van der Waals surface area contributed by atoms with Crippen molar-refractivity contribution in [2.24, 2.45) is 0 Å². The van der Waals surface area contributed by atoms with Crippen molar-refractivity contribution in [2.45, 2.75) is 39.8 Å². The van der Waals surface area contributed by atoms with Gasteiger partial charge in [-0.1, -0.05) is 23.8 Å². The summed E-state index contributed by atoms with van der Waals surface area (Å²) in [7, 11) is 2.02. The normalized spacial score (nSPS) is 12.6. The van der Waals surface area contributed by atoms with Gasteiger partial charge in [0.25, 0.3) is 0 Å². The van der Waals surface area contributed by atoms with Crippen LogP contribution in [-0.4, -0.2) is 16.6 Å². The summed E-state index contributed by atoms with van der Waals surface area (Å²) in [6.45, 7) is 7.43. The van der Waals surface area contributed by atoms with Crippen molar-refractivity contribution in [3.8, 4) is 0 Å². The Kier molecular flexibility index (Phi) is 4.38. The number of aryl methyl sites for hydroxylation is 3. The fourth-order valence-electron chi connectivity index (χ4n) is 2.50. The molecule has 0 bridgehead atoms. The number of rotatable bonds is 5. The summed E-state index contributed by atoms with van der Waals surface area (Å²) in [6.07, 6.45) is 4.85. The second-order valence-corrected chi connectivity index (χ2v) is 5.03. The number of imidazole rings is 1. The van der Waals surface area contributed by atoms with E-state index in [1.807, 2.05) is 19.4 Å². The molecule has 2 aromatic rings. The zero-order valence-corrected chi connectivity index (χ0v) is 12.3. The minimum Gasteiger partial charge on any atom is -0.335 e. The molecule has 0 aliphatic heterocycles. The lowest BCUT2D eigenvalue weighted by Gasteiger charge is -2.19. The number of nitrogens with zero attached hydrogens (tertiary/aromatic N) is 2. The van der Waals surface area contributed by atoms with Crippen molar-refractivity contribution in [2.75, 3.05) is 7.05 Å². The number of benzene rings is 1. The second-order valence-electron chi connectivity index (χ2n) is 5.03. The van der Waals surface area contributed by atoms with Crippen LogP contribution in [0.4, 0.5) is 0 Å². The molecule has 0 saturated heterocycles. The predicted molar refractivity (Wildman–Crippen MR) is 79.3 cm³/mol. The molecule has 0 radical (unpaired) electrons. The van der Waals surface area contributed by atoms with Crippen LogP contribution in [0.25, 0.3) is 0 Å². The van der Waals surface area contributed by atoms with Gasteiger partial charge in [0, 0.05) is 31.4 Å². The molecule has 1 aromatic carbocycles. The highest BCUT2D eigenvalue weighted by Gasteiger charge is 2.15. The summed E-state index contributed by atoms with van der Waals surface area (Å²) < 4.78 is 2.20. The van der Waals surface area contributed by atoms with Gasteiger partial charge in [-0.05, 0) is 38.9 Å². The van der Waals surface area contributed by atoms with Crippen LogP contribution in [0.15, 0.2) is 30.6 Å². The molecule has 3 nitrogen and oxygen atoms in total. The molecule has 0 aliphatic rings. The zero-order chi connectivity index (χ0) is 13.8. The second kappa shape index (κ2) is 6.02. The van der Waals surface area contributed by atoms with Gasteiger partial charge in [-0.25, -0.2) is 4.98 Å². The molecule has 0 aliphatic carbocycles. The van der Waals surface area contributed by atoms with Gasteiger partial charge in [-0.2, -0.15) is 0 Å². The molecule has 1 heterocycles. The fraction of sp³-hybridized carbons (Fsp3) is 0.438. The van der Waals surface area contributed by atoms with Gasteiger partial charge in [0.05, 0.1) is 0 Å². The van der Waals surface area contributed by atoms with Crippen LogP contribution in [-0.2, 0) is 13.0 Å². The van der Waals surface area contributed by atoms with Crippen molar-refractivity contribution in [1.29, 1.82) is 0 Å². The Morgan fingerprint density at radius 2 is 2.11 bits per heavy atom. The first kappa shape index (κ1) is 13.8. The maximum atomic E-state index is 4.48. The van der Waals surface area contributed by atoms with Gasteiger partial charge in [-0.3, -0.25) is 0 Å². The summed E-state index contributed by atoms with van der Waals surface area (Å²) in [5.41, 5.74) is 4.01. The van der Waals surface area contributed by atoms with Crippen LogP contribution >= 0.6 is 0 Å². The van der Waals surface area contributed by atoms with Crippen molar-refractivity contribution in [3.05, 3.63) is 53.1 Å². The standard InChI is InChI=1S/C16H23N3/c1-5-19-9-8-18-16(19)11-15(17-4)14-10-12(2)6-7-13(14)3/h6-10,15,17H,5,11H2,1-4H3. The maximum Gasteiger partial charge on any atom is 0.110 e. The summed E-state index contributed by atoms with van der Waals surface area (Å²) in [5.74, 6) is 1.14. The van der Waals surface area contributed by atoms with Gasteiger partial charge in [0.2, 0.25) is 0 Å². The molecule has 2 rings (SSSR count). The van der Waals surface area contributed by atoms with E-state index in [1.54, 1.807) is 0 Å². The Morgan fingerprint density at radius 3 is 2.79 bits per heavy atom. The van der Waals surface area contributed by atoms with E-state index in [-0.39, 0.29) is 0 Å². The molecule has 19 heavy (non-hydrogen) atoms. The molecule has 1 unspecified atom stereocenters. The van der Waals surface area contributed by atoms with Gasteiger partial charge >= 0.3 is 0 Å². The molecule has 102 valence electrons. The zero-order valence-electron chi connectivity index (χ0n) is 12.3. The van der Waals surface area contributed by atoms with Crippen LogP contribution in [0, 0.1) is 13.8 Å². The molecule has 3 heteroatoms. The van der Waals surface area contributed by atoms with E-state index in [9.17, 15) is 0 Å². The van der Waals surface area contributed by atoms with Crippen LogP contribution in [0.1, 0.15) is 35.5 Å². The summed E-state index contributed by atoms with van der Waals surface area (Å²) in [5, 5.41) is 3.42. The molecule has 0 saturated carbocycles. The highest BCUT2D eigenvalue weighted by atomic mass is 15.1. The smallest absolute Gasteiger partial charge is 0.110 e. The average molecular weight is 257 g/mol. The number of hydrogen-bond donors (Lipinski definition) is 1. The van der Waals surface area contributed by atoms with Crippen molar-refractivity contribution >= 4 is 0 Å². The molecule has 1 atom stereocenters. The maximum absolute atomic E-state index is 4.48. The van der Waals surface area contributed by atoms with Gasteiger partial charge in [-0.15, -0.1) is 0 Å². The molecule has 1 N–H and O–H groups in total. The minimum absolute atomic E-state index is 0.313. The predicted octanol–water partition coefficient (Wildman–Crippen LogP) is 3.02. The average Bonchev–Trinajstić information content (AvgIpc) is 2.86. The Hall–Kier alpha value is -1.61. The van der Waals surface area contributed by atoms with E-state index in [1.165, 1.54) is 16.7 Å². The summed E-state index contributed by atoms with van der Waals surface area (Å²) in [6, 6.07) is 6.95. The monoisotopic (exact) mass is 257 g/mol. The molecular weight excluding hydrogens is 234 g/mol. The number of nitrogens with one attached hydrogen (secondary N) is 1.